The van der Waals surface area contributed by atoms with E-state index >= 15 is 0 Å². The highest BCUT2D eigenvalue weighted by Gasteiger charge is 2.08. The molecule has 6 nitrogen and oxygen atoms in total. The number of para-hydroxylation sites is 1. The van der Waals surface area contributed by atoms with Crippen molar-refractivity contribution in [3.05, 3.63) is 59.7 Å². The van der Waals surface area contributed by atoms with E-state index < -0.39 is 0 Å². The largest absolute Gasteiger partial charge is 0.507 e. The molecule has 0 saturated heterocycles. The Morgan fingerprint density at radius 2 is 1.65 bits per heavy atom. The van der Waals surface area contributed by atoms with Crippen molar-refractivity contribution in [3.63, 3.8) is 0 Å². The Hall–Kier alpha value is -3.41. The van der Waals surface area contributed by atoms with Crippen LogP contribution in [0.1, 0.15) is 15.9 Å². The molecular formula is C17H12O6. The summed E-state index contributed by atoms with van der Waals surface area (Å²) < 4.78 is 9.38. The van der Waals surface area contributed by atoms with Gasteiger partial charge in [0.2, 0.25) is 0 Å². The van der Waals surface area contributed by atoms with Gasteiger partial charge < -0.3 is 14.6 Å². The first kappa shape index (κ1) is 16.0. The summed E-state index contributed by atoms with van der Waals surface area (Å²) in [5, 5.41) is 9.62. The van der Waals surface area contributed by atoms with E-state index in [0.29, 0.717) is 5.56 Å². The van der Waals surface area contributed by atoms with E-state index in [0.717, 1.165) is 0 Å². The summed E-state index contributed by atoms with van der Waals surface area (Å²) in [6.45, 7) is 0.415. The standard InChI is InChI=1S/C17H12O6/c18-10-22-16-8-6-12(9-17(16)23-11-19)5-7-15(21)13-3-1-2-4-14(13)20/h1-11,20H/b7-5+. The molecule has 116 valence electrons. The number of aromatic hydroxyl groups is 1. The molecule has 0 aliphatic heterocycles. The van der Waals surface area contributed by atoms with Gasteiger partial charge in [-0.25, -0.2) is 0 Å². The van der Waals surface area contributed by atoms with Crippen molar-refractivity contribution in [2.45, 2.75) is 0 Å². The molecule has 0 aliphatic carbocycles. The van der Waals surface area contributed by atoms with Crippen molar-refractivity contribution in [2.75, 3.05) is 0 Å². The van der Waals surface area contributed by atoms with E-state index in [1.165, 1.54) is 36.4 Å². The lowest BCUT2D eigenvalue weighted by Crippen LogP contribution is -1.96. The molecule has 2 aromatic rings. The third-order valence-corrected chi connectivity index (χ3v) is 2.91. The van der Waals surface area contributed by atoms with Crippen molar-refractivity contribution in [2.24, 2.45) is 0 Å². The number of phenols is 1. The van der Waals surface area contributed by atoms with Crippen LogP contribution in [0.3, 0.4) is 0 Å². The quantitative estimate of drug-likeness (QED) is 0.479. The topological polar surface area (TPSA) is 89.9 Å². The Morgan fingerprint density at radius 1 is 0.957 bits per heavy atom. The zero-order valence-electron chi connectivity index (χ0n) is 11.8. The molecule has 0 fully saturated rings. The minimum Gasteiger partial charge on any atom is -0.507 e. The SMILES string of the molecule is O=COc1ccc(/C=C/C(=O)c2ccccc2O)cc1OC=O. The lowest BCUT2D eigenvalue weighted by molar-refractivity contribution is -0.123. The predicted molar refractivity (Wildman–Crippen MR) is 81.3 cm³/mol. The van der Waals surface area contributed by atoms with Crippen LogP contribution in [-0.2, 0) is 9.59 Å². The van der Waals surface area contributed by atoms with Crippen LogP contribution in [0.2, 0.25) is 0 Å². The summed E-state index contributed by atoms with van der Waals surface area (Å²) >= 11 is 0. The Labute approximate surface area is 131 Å². The molecule has 0 atom stereocenters. The van der Waals surface area contributed by atoms with E-state index in [1.807, 2.05) is 0 Å². The summed E-state index contributed by atoms with van der Waals surface area (Å²) in [6.07, 6.45) is 2.76. The van der Waals surface area contributed by atoms with Gasteiger partial charge in [-0.15, -0.1) is 0 Å². The van der Waals surface area contributed by atoms with E-state index in [2.05, 4.69) is 4.74 Å². The molecule has 0 saturated carbocycles. The summed E-state index contributed by atoms with van der Waals surface area (Å²) in [7, 11) is 0. The monoisotopic (exact) mass is 312 g/mol. The molecule has 1 N–H and O–H groups in total. The van der Waals surface area contributed by atoms with Gasteiger partial charge in [0.15, 0.2) is 17.3 Å². The van der Waals surface area contributed by atoms with Crippen LogP contribution in [0.25, 0.3) is 6.08 Å². The second-order valence-electron chi connectivity index (χ2n) is 4.35. The molecule has 0 unspecified atom stereocenters. The first-order valence-electron chi connectivity index (χ1n) is 6.50. The number of benzene rings is 2. The maximum atomic E-state index is 12.0. The normalized spacial score (nSPS) is 10.3. The molecule has 0 heterocycles. The fourth-order valence-electron chi connectivity index (χ4n) is 1.87. The molecule has 0 aromatic heterocycles. The number of phenolic OH excluding ortho intramolecular Hbond substituents is 1. The fraction of sp³-hybridized carbons (Fsp3) is 0. The molecule has 0 amide bonds. The van der Waals surface area contributed by atoms with E-state index in [9.17, 15) is 19.5 Å². The molecule has 6 heteroatoms. The molecule has 2 rings (SSSR count). The zero-order valence-corrected chi connectivity index (χ0v) is 11.8. The van der Waals surface area contributed by atoms with E-state index in [4.69, 9.17) is 4.74 Å². The Morgan fingerprint density at radius 3 is 2.35 bits per heavy atom. The number of carbonyl (C=O) groups is 3. The molecular weight excluding hydrogens is 300 g/mol. The third-order valence-electron chi connectivity index (χ3n) is 2.91. The lowest BCUT2D eigenvalue weighted by atomic mass is 10.1. The van der Waals surface area contributed by atoms with Crippen LogP contribution in [-0.4, -0.2) is 23.8 Å². The fourth-order valence-corrected chi connectivity index (χ4v) is 1.87. The van der Waals surface area contributed by atoms with Crippen LogP contribution in [0, 0.1) is 0 Å². The predicted octanol–water partition coefficient (Wildman–Crippen LogP) is 2.36. The Bertz CT molecular complexity index is 763. The Kier molecular flexibility index (Phi) is 5.25. The highest BCUT2D eigenvalue weighted by molar-refractivity contribution is 6.08. The molecule has 0 spiro atoms. The number of hydrogen-bond donors (Lipinski definition) is 1. The van der Waals surface area contributed by atoms with Crippen molar-refractivity contribution in [1.29, 1.82) is 0 Å². The van der Waals surface area contributed by atoms with Gasteiger partial charge >= 0.3 is 0 Å². The summed E-state index contributed by atoms with van der Waals surface area (Å²) in [6, 6.07) is 10.6. The van der Waals surface area contributed by atoms with Gasteiger partial charge in [0, 0.05) is 0 Å². The van der Waals surface area contributed by atoms with Gasteiger partial charge in [0.25, 0.3) is 12.9 Å². The lowest BCUT2D eigenvalue weighted by Gasteiger charge is -2.05. The van der Waals surface area contributed by atoms with Crippen molar-refractivity contribution in [3.8, 4) is 17.2 Å². The number of allylic oxidation sites excluding steroid dienone is 1. The minimum absolute atomic E-state index is 0.0456. The maximum absolute atomic E-state index is 12.0. The van der Waals surface area contributed by atoms with Crippen molar-refractivity contribution >= 4 is 24.8 Å². The minimum atomic E-state index is -0.380. The summed E-state index contributed by atoms with van der Waals surface area (Å²) in [4.78, 5) is 32.8. The molecule has 23 heavy (non-hydrogen) atoms. The van der Waals surface area contributed by atoms with Gasteiger partial charge in [-0.1, -0.05) is 24.3 Å². The maximum Gasteiger partial charge on any atom is 0.298 e. The third kappa shape index (κ3) is 4.04. The number of ketones is 1. The number of rotatable bonds is 7. The van der Waals surface area contributed by atoms with Gasteiger partial charge in [-0.2, -0.15) is 0 Å². The number of hydrogen-bond acceptors (Lipinski definition) is 6. The van der Waals surface area contributed by atoms with Crippen molar-refractivity contribution in [1.82, 2.24) is 0 Å². The molecule has 0 aliphatic rings. The van der Waals surface area contributed by atoms with Crippen LogP contribution >= 0.6 is 0 Å². The van der Waals surface area contributed by atoms with Crippen LogP contribution < -0.4 is 9.47 Å². The zero-order chi connectivity index (χ0) is 16.7. The molecule has 0 bridgehead atoms. The second kappa shape index (κ2) is 7.56. The first-order valence-corrected chi connectivity index (χ1v) is 6.50. The average Bonchev–Trinajstić information content (AvgIpc) is 2.55. The summed E-state index contributed by atoms with van der Waals surface area (Å²) in [5.41, 5.74) is 0.720. The summed E-state index contributed by atoms with van der Waals surface area (Å²) in [5.74, 6) is -0.364. The molecule has 0 radical (unpaired) electrons. The van der Waals surface area contributed by atoms with Gasteiger partial charge in [-0.3, -0.25) is 14.4 Å². The van der Waals surface area contributed by atoms with Crippen molar-refractivity contribution < 1.29 is 29.0 Å². The first-order chi connectivity index (χ1) is 11.2. The second-order valence-corrected chi connectivity index (χ2v) is 4.35. The highest BCUT2D eigenvalue weighted by Crippen LogP contribution is 2.28. The number of ether oxygens (including phenoxy) is 2. The van der Waals surface area contributed by atoms with Gasteiger partial charge in [-0.05, 0) is 35.9 Å². The smallest absolute Gasteiger partial charge is 0.298 e. The number of carbonyl (C=O) groups excluding carboxylic acids is 3. The van der Waals surface area contributed by atoms with E-state index in [-0.39, 0.29) is 41.5 Å². The molecule has 2 aromatic carbocycles. The van der Waals surface area contributed by atoms with Crippen LogP contribution in [0.5, 0.6) is 17.2 Å². The Balaban J connectivity index is 2.23. The highest BCUT2D eigenvalue weighted by atomic mass is 16.6. The van der Waals surface area contributed by atoms with Gasteiger partial charge in [0.1, 0.15) is 5.75 Å². The van der Waals surface area contributed by atoms with Crippen LogP contribution in [0.15, 0.2) is 48.5 Å². The van der Waals surface area contributed by atoms with Crippen LogP contribution in [0.4, 0.5) is 0 Å². The van der Waals surface area contributed by atoms with Gasteiger partial charge in [0.05, 0.1) is 5.56 Å². The average molecular weight is 312 g/mol. The van der Waals surface area contributed by atoms with E-state index in [1.54, 1.807) is 18.2 Å².